The van der Waals surface area contributed by atoms with Gasteiger partial charge in [0, 0.05) is 10.9 Å². The van der Waals surface area contributed by atoms with E-state index >= 15 is 0 Å². The van der Waals surface area contributed by atoms with Crippen molar-refractivity contribution in [2.45, 2.75) is 19.9 Å². The molecule has 1 atom stereocenters. The summed E-state index contributed by atoms with van der Waals surface area (Å²) in [4.78, 5) is 17.2. The predicted molar refractivity (Wildman–Crippen MR) is 103 cm³/mol. The summed E-state index contributed by atoms with van der Waals surface area (Å²) in [5, 5.41) is 7.41. The first-order chi connectivity index (χ1) is 14.0. The number of ether oxygens (including phenoxy) is 1. The van der Waals surface area contributed by atoms with Crippen LogP contribution in [0.1, 0.15) is 35.0 Å². The van der Waals surface area contributed by atoms with Gasteiger partial charge in [-0.2, -0.15) is 4.98 Å². The van der Waals surface area contributed by atoms with Crippen LogP contribution in [0.25, 0.3) is 22.4 Å². The predicted octanol–water partition coefficient (Wildman–Crippen LogP) is 4.43. The zero-order valence-corrected chi connectivity index (χ0v) is 16.0. The molecule has 1 N–H and O–H groups in total. The number of fused-ring (bicyclic) bond motifs is 1. The highest BCUT2D eigenvalue weighted by molar-refractivity contribution is 6.07. The first kappa shape index (κ1) is 18.7. The van der Waals surface area contributed by atoms with E-state index in [9.17, 15) is 9.18 Å². The van der Waals surface area contributed by atoms with Crippen molar-refractivity contribution in [2.24, 2.45) is 0 Å². The van der Waals surface area contributed by atoms with Gasteiger partial charge in [0.2, 0.25) is 11.7 Å². The highest BCUT2D eigenvalue weighted by Gasteiger charge is 2.23. The largest absolute Gasteiger partial charge is 0.497 e. The SMILES string of the molecule is COc1ccc2oc(C)c(C(=O)NC(C)c3nc(-c4ccc(F)cc4)no3)c2c1. The number of rotatable bonds is 5. The molecule has 2 aromatic carbocycles. The number of benzene rings is 2. The number of hydrogen-bond donors (Lipinski definition) is 1. The Morgan fingerprint density at radius 1 is 1.21 bits per heavy atom. The number of aromatic nitrogens is 2. The van der Waals surface area contributed by atoms with Gasteiger partial charge in [-0.15, -0.1) is 0 Å². The van der Waals surface area contributed by atoms with Crippen LogP contribution in [-0.2, 0) is 0 Å². The summed E-state index contributed by atoms with van der Waals surface area (Å²) in [6, 6.07) is 10.5. The smallest absolute Gasteiger partial charge is 0.256 e. The Balaban J connectivity index is 1.57. The molecular formula is C21H18FN3O4. The summed E-state index contributed by atoms with van der Waals surface area (Å²) in [7, 11) is 1.56. The number of carbonyl (C=O) groups excluding carboxylic acids is 1. The van der Waals surface area contributed by atoms with Gasteiger partial charge in [-0.1, -0.05) is 5.16 Å². The van der Waals surface area contributed by atoms with Crippen molar-refractivity contribution in [1.29, 1.82) is 0 Å². The second kappa shape index (κ2) is 7.38. The zero-order chi connectivity index (χ0) is 20.5. The van der Waals surface area contributed by atoms with Gasteiger partial charge >= 0.3 is 0 Å². The Kier molecular flexibility index (Phi) is 4.75. The van der Waals surface area contributed by atoms with Crippen LogP contribution in [0.5, 0.6) is 5.75 Å². The Bertz CT molecular complexity index is 1180. The average Bonchev–Trinajstić information content (AvgIpc) is 3.32. The normalized spacial score (nSPS) is 12.1. The standard InChI is InChI=1S/C21H18FN3O4/c1-11(21-24-19(25-29-21)13-4-6-14(22)7-5-13)23-20(26)18-12(2)28-17-9-8-15(27-3)10-16(17)18/h4-11H,1-3H3,(H,23,26). The molecule has 7 nitrogen and oxygen atoms in total. The first-order valence-electron chi connectivity index (χ1n) is 8.94. The quantitative estimate of drug-likeness (QED) is 0.538. The maximum absolute atomic E-state index is 13.1. The number of hydrogen-bond acceptors (Lipinski definition) is 6. The average molecular weight is 395 g/mol. The second-order valence-electron chi connectivity index (χ2n) is 6.55. The van der Waals surface area contributed by atoms with E-state index in [1.54, 1.807) is 51.3 Å². The number of halogens is 1. The summed E-state index contributed by atoms with van der Waals surface area (Å²) < 4.78 is 29.3. The molecule has 0 bridgehead atoms. The molecular weight excluding hydrogens is 377 g/mol. The Hall–Kier alpha value is -3.68. The van der Waals surface area contributed by atoms with E-state index in [0.717, 1.165) is 0 Å². The van der Waals surface area contributed by atoms with Crippen LogP contribution in [0.2, 0.25) is 0 Å². The van der Waals surface area contributed by atoms with E-state index in [1.807, 2.05) is 0 Å². The lowest BCUT2D eigenvalue weighted by atomic mass is 10.1. The monoisotopic (exact) mass is 395 g/mol. The minimum Gasteiger partial charge on any atom is -0.497 e. The number of nitrogens with one attached hydrogen (secondary N) is 1. The summed E-state index contributed by atoms with van der Waals surface area (Å²) in [6.07, 6.45) is 0. The number of furan rings is 1. The minimum atomic E-state index is -0.542. The highest BCUT2D eigenvalue weighted by Crippen LogP contribution is 2.29. The summed E-state index contributed by atoms with van der Waals surface area (Å²) >= 11 is 0. The minimum absolute atomic E-state index is 0.237. The lowest BCUT2D eigenvalue weighted by Gasteiger charge is -2.09. The number of amides is 1. The van der Waals surface area contributed by atoms with E-state index in [-0.39, 0.29) is 17.6 Å². The fourth-order valence-corrected chi connectivity index (χ4v) is 3.07. The Labute approximate surface area is 165 Å². The van der Waals surface area contributed by atoms with Crippen molar-refractivity contribution >= 4 is 16.9 Å². The number of carbonyl (C=O) groups is 1. The van der Waals surface area contributed by atoms with Crippen LogP contribution in [0.3, 0.4) is 0 Å². The topological polar surface area (TPSA) is 90.4 Å². The molecule has 0 fully saturated rings. The molecule has 0 saturated carbocycles. The van der Waals surface area contributed by atoms with Crippen LogP contribution in [0, 0.1) is 12.7 Å². The third-order valence-electron chi connectivity index (χ3n) is 4.56. The maximum atomic E-state index is 13.1. The van der Waals surface area contributed by atoms with Gasteiger partial charge in [0.25, 0.3) is 5.91 Å². The molecule has 4 aromatic rings. The molecule has 0 aliphatic carbocycles. The van der Waals surface area contributed by atoms with E-state index in [0.29, 0.717) is 39.4 Å². The molecule has 29 heavy (non-hydrogen) atoms. The Morgan fingerprint density at radius 2 is 1.97 bits per heavy atom. The highest BCUT2D eigenvalue weighted by atomic mass is 19.1. The van der Waals surface area contributed by atoms with Crippen LogP contribution in [0.15, 0.2) is 51.4 Å². The Morgan fingerprint density at radius 3 is 2.69 bits per heavy atom. The fraction of sp³-hybridized carbons (Fsp3) is 0.190. The van der Waals surface area contributed by atoms with Crippen molar-refractivity contribution in [1.82, 2.24) is 15.5 Å². The molecule has 2 aromatic heterocycles. The van der Waals surface area contributed by atoms with Gasteiger partial charge in [-0.25, -0.2) is 4.39 Å². The van der Waals surface area contributed by atoms with Gasteiger partial charge < -0.3 is 19.0 Å². The van der Waals surface area contributed by atoms with Gasteiger partial charge in [0.05, 0.1) is 12.7 Å². The van der Waals surface area contributed by atoms with Crippen molar-refractivity contribution in [3.63, 3.8) is 0 Å². The van der Waals surface area contributed by atoms with Crippen LogP contribution in [0.4, 0.5) is 4.39 Å². The fourth-order valence-electron chi connectivity index (χ4n) is 3.07. The third-order valence-corrected chi connectivity index (χ3v) is 4.56. The maximum Gasteiger partial charge on any atom is 0.256 e. The van der Waals surface area contributed by atoms with Gasteiger partial charge in [0.1, 0.15) is 29.0 Å². The van der Waals surface area contributed by atoms with Crippen molar-refractivity contribution < 1.29 is 22.9 Å². The molecule has 2 heterocycles. The van der Waals surface area contributed by atoms with Gasteiger partial charge in [-0.05, 0) is 56.3 Å². The number of nitrogens with zero attached hydrogens (tertiary/aromatic N) is 2. The van der Waals surface area contributed by atoms with E-state index in [2.05, 4.69) is 15.5 Å². The molecule has 0 spiro atoms. The molecule has 0 radical (unpaired) electrons. The lowest BCUT2D eigenvalue weighted by molar-refractivity contribution is 0.0932. The van der Waals surface area contributed by atoms with Crippen molar-refractivity contribution in [3.05, 3.63) is 65.5 Å². The second-order valence-corrected chi connectivity index (χ2v) is 6.55. The molecule has 4 rings (SSSR count). The van der Waals surface area contributed by atoms with Crippen molar-refractivity contribution in [2.75, 3.05) is 7.11 Å². The molecule has 1 amide bonds. The zero-order valence-electron chi connectivity index (χ0n) is 16.0. The molecule has 0 aliphatic heterocycles. The molecule has 8 heteroatoms. The van der Waals surface area contributed by atoms with Crippen LogP contribution in [-0.4, -0.2) is 23.2 Å². The van der Waals surface area contributed by atoms with Crippen molar-refractivity contribution in [3.8, 4) is 17.1 Å². The molecule has 1 unspecified atom stereocenters. The van der Waals surface area contributed by atoms with E-state index in [4.69, 9.17) is 13.7 Å². The van der Waals surface area contributed by atoms with Gasteiger partial charge in [0.15, 0.2) is 0 Å². The molecule has 0 aliphatic rings. The summed E-state index contributed by atoms with van der Waals surface area (Å²) in [5.74, 6) is 0.995. The number of aryl methyl sites for hydroxylation is 1. The van der Waals surface area contributed by atoms with E-state index < -0.39 is 6.04 Å². The van der Waals surface area contributed by atoms with Crippen LogP contribution < -0.4 is 10.1 Å². The first-order valence-corrected chi connectivity index (χ1v) is 8.94. The van der Waals surface area contributed by atoms with Crippen LogP contribution >= 0.6 is 0 Å². The molecule has 148 valence electrons. The van der Waals surface area contributed by atoms with E-state index in [1.165, 1.54) is 12.1 Å². The molecule has 0 saturated heterocycles. The van der Waals surface area contributed by atoms with Gasteiger partial charge in [-0.3, -0.25) is 4.79 Å². The number of methoxy groups -OCH3 is 1. The summed E-state index contributed by atoms with van der Waals surface area (Å²) in [5.41, 5.74) is 1.63. The third kappa shape index (κ3) is 3.56. The summed E-state index contributed by atoms with van der Waals surface area (Å²) in [6.45, 7) is 3.46. The lowest BCUT2D eigenvalue weighted by Crippen LogP contribution is -2.27.